The molecule has 114 valence electrons. The summed E-state index contributed by atoms with van der Waals surface area (Å²) in [5.74, 6) is 0.786. The standard InChI is InChI=1S/C17H24N2O2/c1-11-7-13-14(9-21-15(13)8-12(11)2)16(20)18-10-17(5-6-17)19(3)4/h7-8,14H,5-6,9-10H2,1-4H3,(H,18,20). The molecule has 0 spiro atoms. The first-order valence-electron chi connectivity index (χ1n) is 7.62. The number of hydrogen-bond donors (Lipinski definition) is 1. The Morgan fingerprint density at radius 3 is 2.62 bits per heavy atom. The van der Waals surface area contributed by atoms with Crippen molar-refractivity contribution in [3.8, 4) is 5.75 Å². The molecule has 4 heteroatoms. The van der Waals surface area contributed by atoms with Crippen LogP contribution in [-0.2, 0) is 4.79 Å². The SMILES string of the molecule is Cc1cc2c(cc1C)C(C(=O)NCC1(N(C)C)CC1)CO2. The largest absolute Gasteiger partial charge is 0.492 e. The monoisotopic (exact) mass is 288 g/mol. The number of aryl methyl sites for hydroxylation is 2. The highest BCUT2D eigenvalue weighted by Crippen LogP contribution is 2.40. The average Bonchev–Trinajstić information content (AvgIpc) is 3.13. The van der Waals surface area contributed by atoms with E-state index in [0.717, 1.165) is 30.7 Å². The van der Waals surface area contributed by atoms with E-state index in [1.54, 1.807) is 0 Å². The number of fused-ring (bicyclic) bond motifs is 1. The van der Waals surface area contributed by atoms with Gasteiger partial charge in [-0.1, -0.05) is 6.07 Å². The molecule has 4 nitrogen and oxygen atoms in total. The third kappa shape index (κ3) is 2.53. The van der Waals surface area contributed by atoms with E-state index in [2.05, 4.69) is 44.2 Å². The van der Waals surface area contributed by atoms with Crippen LogP contribution in [0.5, 0.6) is 5.75 Å². The van der Waals surface area contributed by atoms with Crippen LogP contribution in [-0.4, -0.2) is 43.6 Å². The van der Waals surface area contributed by atoms with E-state index in [9.17, 15) is 4.79 Å². The summed E-state index contributed by atoms with van der Waals surface area (Å²) < 4.78 is 5.69. The third-order valence-corrected chi connectivity index (χ3v) is 5.09. The molecule has 3 rings (SSSR count). The Bertz CT molecular complexity index is 576. The van der Waals surface area contributed by atoms with Gasteiger partial charge in [-0.15, -0.1) is 0 Å². The minimum atomic E-state index is -0.169. The van der Waals surface area contributed by atoms with Crippen LogP contribution < -0.4 is 10.1 Å². The maximum atomic E-state index is 12.5. The highest BCUT2D eigenvalue weighted by atomic mass is 16.5. The van der Waals surface area contributed by atoms with Gasteiger partial charge in [-0.25, -0.2) is 0 Å². The van der Waals surface area contributed by atoms with Crippen molar-refractivity contribution in [1.29, 1.82) is 0 Å². The minimum Gasteiger partial charge on any atom is -0.492 e. The summed E-state index contributed by atoms with van der Waals surface area (Å²) in [6.07, 6.45) is 2.33. The Labute approximate surface area is 126 Å². The molecule has 0 bridgehead atoms. The first-order valence-corrected chi connectivity index (χ1v) is 7.62. The van der Waals surface area contributed by atoms with Gasteiger partial charge in [0, 0.05) is 17.6 Å². The van der Waals surface area contributed by atoms with E-state index in [1.165, 1.54) is 11.1 Å². The van der Waals surface area contributed by atoms with Crippen molar-refractivity contribution in [1.82, 2.24) is 10.2 Å². The fourth-order valence-electron chi connectivity index (χ4n) is 2.99. The zero-order valence-electron chi connectivity index (χ0n) is 13.3. The fraction of sp³-hybridized carbons (Fsp3) is 0.588. The molecule has 1 aromatic rings. The van der Waals surface area contributed by atoms with E-state index in [-0.39, 0.29) is 17.4 Å². The van der Waals surface area contributed by atoms with Gasteiger partial charge in [-0.05, 0) is 58.0 Å². The van der Waals surface area contributed by atoms with Gasteiger partial charge in [0.2, 0.25) is 5.91 Å². The highest BCUT2D eigenvalue weighted by molar-refractivity contribution is 5.85. The van der Waals surface area contributed by atoms with Gasteiger partial charge in [0.15, 0.2) is 0 Å². The maximum Gasteiger partial charge on any atom is 0.231 e. The zero-order chi connectivity index (χ0) is 15.2. The summed E-state index contributed by atoms with van der Waals surface area (Å²) in [5.41, 5.74) is 3.63. The van der Waals surface area contributed by atoms with Gasteiger partial charge in [-0.3, -0.25) is 4.79 Å². The van der Waals surface area contributed by atoms with E-state index >= 15 is 0 Å². The number of carbonyl (C=O) groups is 1. The predicted octanol–water partition coefficient (Wildman–Crippen LogP) is 1.99. The number of benzene rings is 1. The second-order valence-corrected chi connectivity index (χ2v) is 6.67. The van der Waals surface area contributed by atoms with Crippen LogP contribution in [0.4, 0.5) is 0 Å². The molecular formula is C17H24N2O2. The van der Waals surface area contributed by atoms with Crippen LogP contribution in [0.2, 0.25) is 0 Å². The van der Waals surface area contributed by atoms with E-state index in [4.69, 9.17) is 4.74 Å². The summed E-state index contributed by atoms with van der Waals surface area (Å²) in [7, 11) is 4.17. The Hall–Kier alpha value is -1.55. The van der Waals surface area contributed by atoms with Gasteiger partial charge in [-0.2, -0.15) is 0 Å². The summed E-state index contributed by atoms with van der Waals surface area (Å²) in [5, 5.41) is 3.12. The molecule has 21 heavy (non-hydrogen) atoms. The molecule has 2 aliphatic rings. The Morgan fingerprint density at radius 1 is 1.33 bits per heavy atom. The fourth-order valence-corrected chi connectivity index (χ4v) is 2.99. The molecule has 1 aliphatic heterocycles. The zero-order valence-corrected chi connectivity index (χ0v) is 13.3. The van der Waals surface area contributed by atoms with Crippen LogP contribution in [0, 0.1) is 13.8 Å². The van der Waals surface area contributed by atoms with Gasteiger partial charge in [0.25, 0.3) is 0 Å². The van der Waals surface area contributed by atoms with E-state index in [0.29, 0.717) is 6.61 Å². The topological polar surface area (TPSA) is 41.6 Å². The molecule has 1 atom stereocenters. The van der Waals surface area contributed by atoms with Gasteiger partial charge < -0.3 is 15.0 Å². The predicted molar refractivity (Wildman–Crippen MR) is 82.8 cm³/mol. The van der Waals surface area contributed by atoms with Crippen LogP contribution in [0.1, 0.15) is 35.4 Å². The molecule has 1 amide bonds. The highest BCUT2D eigenvalue weighted by Gasteiger charge is 2.45. The lowest BCUT2D eigenvalue weighted by atomic mass is 9.96. The van der Waals surface area contributed by atoms with Crippen LogP contribution in [0.25, 0.3) is 0 Å². The lowest BCUT2D eigenvalue weighted by molar-refractivity contribution is -0.123. The Balaban J connectivity index is 1.69. The maximum absolute atomic E-state index is 12.5. The second kappa shape index (κ2) is 5.02. The molecule has 0 aromatic heterocycles. The van der Waals surface area contributed by atoms with E-state index < -0.39 is 0 Å². The number of ether oxygens (including phenoxy) is 1. The molecule has 1 heterocycles. The summed E-state index contributed by atoms with van der Waals surface area (Å²) in [6.45, 7) is 5.34. The molecule has 1 N–H and O–H groups in total. The number of nitrogens with zero attached hydrogens (tertiary/aromatic N) is 1. The smallest absolute Gasteiger partial charge is 0.231 e. The molecule has 0 radical (unpaired) electrons. The normalized spacial score (nSPS) is 21.9. The van der Waals surface area contributed by atoms with Gasteiger partial charge in [0.1, 0.15) is 18.3 Å². The van der Waals surface area contributed by atoms with Crippen molar-refractivity contribution < 1.29 is 9.53 Å². The lowest BCUT2D eigenvalue weighted by Gasteiger charge is -2.24. The number of amides is 1. The number of rotatable bonds is 4. The molecule has 1 aliphatic carbocycles. The van der Waals surface area contributed by atoms with Gasteiger partial charge in [0.05, 0.1) is 0 Å². The number of carbonyl (C=O) groups excluding carboxylic acids is 1. The van der Waals surface area contributed by atoms with Crippen LogP contribution in [0.15, 0.2) is 12.1 Å². The first-order chi connectivity index (χ1) is 9.93. The molecule has 0 saturated heterocycles. The first kappa shape index (κ1) is 14.4. The molecule has 1 saturated carbocycles. The summed E-state index contributed by atoms with van der Waals surface area (Å²) in [6, 6.07) is 4.14. The Kier molecular flexibility index (Phi) is 3.44. The summed E-state index contributed by atoms with van der Waals surface area (Å²) >= 11 is 0. The Morgan fingerprint density at radius 2 is 2.00 bits per heavy atom. The second-order valence-electron chi connectivity index (χ2n) is 6.67. The van der Waals surface area contributed by atoms with Gasteiger partial charge >= 0.3 is 0 Å². The third-order valence-electron chi connectivity index (χ3n) is 5.09. The van der Waals surface area contributed by atoms with Crippen molar-refractivity contribution in [3.05, 3.63) is 28.8 Å². The van der Waals surface area contributed by atoms with Crippen LogP contribution in [0.3, 0.4) is 0 Å². The molecule has 1 aromatic carbocycles. The van der Waals surface area contributed by atoms with E-state index in [1.807, 2.05) is 6.07 Å². The van der Waals surface area contributed by atoms with Crippen molar-refractivity contribution in [2.75, 3.05) is 27.2 Å². The number of likely N-dealkylation sites (N-methyl/N-ethyl adjacent to an activating group) is 1. The minimum absolute atomic E-state index is 0.0881. The van der Waals surface area contributed by atoms with Crippen LogP contribution >= 0.6 is 0 Å². The van der Waals surface area contributed by atoms with Crippen molar-refractivity contribution in [2.24, 2.45) is 0 Å². The van der Waals surface area contributed by atoms with Crippen molar-refractivity contribution >= 4 is 5.91 Å². The quantitative estimate of drug-likeness (QED) is 0.921. The number of hydrogen-bond acceptors (Lipinski definition) is 3. The average molecular weight is 288 g/mol. The van der Waals surface area contributed by atoms with Crippen molar-refractivity contribution in [2.45, 2.75) is 38.1 Å². The molecular weight excluding hydrogens is 264 g/mol. The molecule has 1 unspecified atom stereocenters. The lowest BCUT2D eigenvalue weighted by Crippen LogP contribution is -2.43. The molecule has 1 fully saturated rings. The summed E-state index contributed by atoms with van der Waals surface area (Å²) in [4.78, 5) is 14.7. The number of nitrogens with one attached hydrogen (secondary N) is 1. The van der Waals surface area contributed by atoms with Crippen molar-refractivity contribution in [3.63, 3.8) is 0 Å².